The van der Waals surface area contributed by atoms with Crippen molar-refractivity contribution >= 4 is 33.4 Å². The van der Waals surface area contributed by atoms with Gasteiger partial charge >= 0.3 is 0 Å². The molecule has 1 aromatic heterocycles. The smallest absolute Gasteiger partial charge is 0.193 e. The molecule has 6 aromatic carbocycles. The van der Waals surface area contributed by atoms with Gasteiger partial charge in [-0.25, -0.2) is 0 Å². The molecule has 3 heteroatoms. The minimum Gasteiger partial charge on any atom is -0.309 e. The van der Waals surface area contributed by atoms with E-state index in [-0.39, 0.29) is 28.3 Å². The van der Waals surface area contributed by atoms with Crippen molar-refractivity contribution in [1.29, 1.82) is 0 Å². The first-order valence-corrected chi connectivity index (χ1v) is 24.3. The van der Waals surface area contributed by atoms with Crippen molar-refractivity contribution in [3.05, 3.63) is 243 Å². The first-order chi connectivity index (χ1) is 32.7. The number of aryl methyl sites for hydroxylation is 1. The lowest BCUT2D eigenvalue weighted by Gasteiger charge is -2.57. The number of para-hydroxylation sites is 1. The van der Waals surface area contributed by atoms with Gasteiger partial charge in [0.15, 0.2) is 11.6 Å². The van der Waals surface area contributed by atoms with Gasteiger partial charge in [-0.2, -0.15) is 0 Å². The van der Waals surface area contributed by atoms with E-state index in [1.807, 2.05) is 37.3 Å². The molecule has 0 saturated heterocycles. The predicted molar refractivity (Wildman–Crippen MR) is 283 cm³/mol. The molecule has 4 aliphatic carbocycles. The number of hydrogen-bond donors (Lipinski definition) is 0. The summed E-state index contributed by atoms with van der Waals surface area (Å²) in [6, 6.07) is 40.5. The Morgan fingerprint density at radius 1 is 0.735 bits per heavy atom. The Kier molecular flexibility index (Phi) is 9.89. The van der Waals surface area contributed by atoms with E-state index in [9.17, 15) is 4.79 Å². The molecule has 0 amide bonds. The van der Waals surface area contributed by atoms with Crippen LogP contribution in [0.1, 0.15) is 127 Å². The van der Waals surface area contributed by atoms with Crippen LogP contribution < -0.4 is 0 Å². The molecule has 2 heterocycles. The number of allylic oxidation sites excluding steroid dienone is 11. The third-order valence-corrected chi connectivity index (χ3v) is 16.9. The van der Waals surface area contributed by atoms with Crippen LogP contribution in [0, 0.1) is 18.3 Å². The van der Waals surface area contributed by atoms with Gasteiger partial charge in [-0.1, -0.05) is 174 Å². The van der Waals surface area contributed by atoms with Crippen LogP contribution in [0.4, 0.5) is 0 Å². The maximum absolute atomic E-state index is 15.6. The van der Waals surface area contributed by atoms with E-state index >= 15 is 4.79 Å². The van der Waals surface area contributed by atoms with E-state index in [0.29, 0.717) is 22.3 Å². The van der Waals surface area contributed by atoms with Crippen LogP contribution in [-0.4, -0.2) is 16.1 Å². The number of carbonyl (C=O) groups is 2. The third kappa shape index (κ3) is 5.90. The molecule has 0 radical (unpaired) electrons. The fourth-order valence-electron chi connectivity index (χ4n) is 13.0. The summed E-state index contributed by atoms with van der Waals surface area (Å²) in [6.45, 7) is 21.9. The Bertz CT molecular complexity index is 3520. The van der Waals surface area contributed by atoms with Crippen molar-refractivity contribution in [2.75, 3.05) is 0 Å². The zero-order chi connectivity index (χ0) is 47.5. The lowest BCUT2D eigenvalue weighted by atomic mass is 9.45. The molecule has 1 spiro atoms. The highest BCUT2D eigenvalue weighted by molar-refractivity contribution is 6.19. The maximum Gasteiger partial charge on any atom is 0.193 e. The van der Waals surface area contributed by atoms with Crippen molar-refractivity contribution in [3.63, 3.8) is 0 Å². The average Bonchev–Trinajstić information content (AvgIpc) is 3.58. The van der Waals surface area contributed by atoms with E-state index in [2.05, 4.69) is 199 Å². The molecule has 336 valence electrons. The second-order valence-electron chi connectivity index (χ2n) is 21.0. The Balaban J connectivity index is 1.17. The van der Waals surface area contributed by atoms with Crippen LogP contribution in [-0.2, 0) is 16.2 Å². The van der Waals surface area contributed by atoms with Gasteiger partial charge in [0.1, 0.15) is 0 Å². The molecular weight excluding hydrogens is 827 g/mol. The Hall–Kier alpha value is -7.10. The number of rotatable bonds is 9. The molecule has 3 unspecified atom stereocenters. The molecule has 3 nitrogen and oxygen atoms in total. The minimum absolute atomic E-state index is 0.0114. The van der Waals surface area contributed by atoms with Crippen molar-refractivity contribution in [2.24, 2.45) is 11.3 Å². The van der Waals surface area contributed by atoms with Crippen LogP contribution in [0.3, 0.4) is 0 Å². The van der Waals surface area contributed by atoms with Gasteiger partial charge in [-0.15, -0.1) is 0 Å². The number of ketones is 2. The second-order valence-corrected chi connectivity index (χ2v) is 21.0. The van der Waals surface area contributed by atoms with Crippen molar-refractivity contribution in [3.8, 4) is 16.8 Å². The highest BCUT2D eigenvalue weighted by atomic mass is 16.1. The van der Waals surface area contributed by atoms with E-state index in [1.165, 1.54) is 39.0 Å². The van der Waals surface area contributed by atoms with Gasteiger partial charge in [0.25, 0.3) is 0 Å². The summed E-state index contributed by atoms with van der Waals surface area (Å²) in [5.74, 6) is 0.180. The maximum atomic E-state index is 15.6. The van der Waals surface area contributed by atoms with Gasteiger partial charge < -0.3 is 4.57 Å². The zero-order valence-corrected chi connectivity index (χ0v) is 40.6. The van der Waals surface area contributed by atoms with Gasteiger partial charge in [0, 0.05) is 49.3 Å². The molecule has 5 aliphatic rings. The molecule has 3 atom stereocenters. The molecule has 0 N–H and O–H groups in total. The lowest BCUT2D eigenvalue weighted by molar-refractivity contribution is 0.103. The molecule has 1 fully saturated rings. The Morgan fingerprint density at radius 2 is 1.40 bits per heavy atom. The lowest BCUT2D eigenvalue weighted by Crippen LogP contribution is -2.53. The fraction of sp³-hybridized carbons (Fsp3) is 0.231. The summed E-state index contributed by atoms with van der Waals surface area (Å²) in [5, 5.41) is 1.92. The molecule has 7 aromatic rings. The van der Waals surface area contributed by atoms with E-state index < -0.39 is 10.8 Å². The van der Waals surface area contributed by atoms with Crippen LogP contribution in [0.15, 0.2) is 188 Å². The summed E-state index contributed by atoms with van der Waals surface area (Å²) in [4.78, 5) is 30.5. The van der Waals surface area contributed by atoms with Crippen molar-refractivity contribution in [1.82, 2.24) is 4.57 Å². The number of aromatic nitrogens is 1. The number of hydrogen-bond acceptors (Lipinski definition) is 2. The number of benzene rings is 6. The normalized spacial score (nSPS) is 21.1. The molecule has 12 rings (SSSR count). The summed E-state index contributed by atoms with van der Waals surface area (Å²) in [6.07, 6.45) is 21.7. The van der Waals surface area contributed by atoms with Gasteiger partial charge in [-0.3, -0.25) is 9.59 Å². The standard InChI is InChI=1S/C65H59NO2/c1-10-12-19-41(4)62(5,6)54-37-43(27-26-40(54)3)60(67)42-29-33-57-50(35-42)51-36-45(61(68)44-28-32-49-48-22-14-15-23-52(48)63(7,8)55(49)38-44)39-56-59(51)66(57)58-25-17-16-24-53(58)65(56)47-21-18-20-46(30-31-47)64(65,9)34-13-11-2/h10-29,32-39,46H,2,30-31H2,1,3-9H3/b12-10-,34-13-,41-19+. The quantitative estimate of drug-likeness (QED) is 0.107. The SMILES string of the molecule is C=C/C=C\C1(C)C2C=CC=C(CC2)C12c1ccccc1-n1c3ccc(C(=O)c4ccc(C)c(C(C)(C)/C(C)=C/C=C\C)c4)cc3c3cc(C(=O)c4ccc5c(c4)C(C)(C)c4ccccc4-5)cc2c31. The largest absolute Gasteiger partial charge is 0.309 e. The second kappa shape index (κ2) is 15.5. The monoisotopic (exact) mass is 885 g/mol. The number of nitrogens with zero attached hydrogens (tertiary/aromatic N) is 1. The highest BCUT2D eigenvalue weighted by Gasteiger charge is 2.60. The highest BCUT2D eigenvalue weighted by Crippen LogP contribution is 2.67. The van der Waals surface area contributed by atoms with Crippen LogP contribution in [0.5, 0.6) is 0 Å². The van der Waals surface area contributed by atoms with Crippen molar-refractivity contribution < 1.29 is 9.59 Å². The molecule has 1 aliphatic heterocycles. The fourth-order valence-corrected chi connectivity index (χ4v) is 13.0. The number of carbonyl (C=O) groups excluding carboxylic acids is 2. The van der Waals surface area contributed by atoms with E-state index in [1.54, 1.807) is 0 Å². The summed E-state index contributed by atoms with van der Waals surface area (Å²) in [5.41, 5.74) is 16.3. The number of fused-ring (bicyclic) bond motifs is 10. The van der Waals surface area contributed by atoms with E-state index in [4.69, 9.17) is 0 Å². The molecule has 1 saturated carbocycles. The third-order valence-electron chi connectivity index (χ3n) is 16.9. The summed E-state index contributed by atoms with van der Waals surface area (Å²) >= 11 is 0. The van der Waals surface area contributed by atoms with Crippen LogP contribution in [0.25, 0.3) is 38.6 Å². The predicted octanol–water partition coefficient (Wildman–Crippen LogP) is 15.9. The summed E-state index contributed by atoms with van der Waals surface area (Å²) in [7, 11) is 0. The average molecular weight is 886 g/mol. The topological polar surface area (TPSA) is 39.1 Å². The first-order valence-electron chi connectivity index (χ1n) is 24.3. The van der Waals surface area contributed by atoms with E-state index in [0.717, 1.165) is 57.0 Å². The van der Waals surface area contributed by atoms with Gasteiger partial charge in [-0.05, 0) is 133 Å². The summed E-state index contributed by atoms with van der Waals surface area (Å²) < 4.78 is 2.41. The molecular formula is C65H59NO2. The van der Waals surface area contributed by atoms with Crippen LogP contribution >= 0.6 is 0 Å². The first kappa shape index (κ1) is 43.5. The Labute approximate surface area is 401 Å². The minimum atomic E-state index is -0.626. The van der Waals surface area contributed by atoms with Gasteiger partial charge in [0.2, 0.25) is 0 Å². The van der Waals surface area contributed by atoms with Crippen molar-refractivity contribution in [2.45, 2.75) is 84.5 Å². The Morgan fingerprint density at radius 3 is 2.19 bits per heavy atom. The zero-order valence-electron chi connectivity index (χ0n) is 40.6. The van der Waals surface area contributed by atoms with Gasteiger partial charge in [0.05, 0.1) is 22.1 Å². The molecule has 2 bridgehead atoms. The molecule has 68 heavy (non-hydrogen) atoms. The van der Waals surface area contributed by atoms with Crippen LogP contribution in [0.2, 0.25) is 0 Å².